The average Bonchev–Trinajstić information content (AvgIpc) is 2.72. The van der Waals surface area contributed by atoms with Gasteiger partial charge in [0.2, 0.25) is 0 Å². The van der Waals surface area contributed by atoms with Gasteiger partial charge < -0.3 is 30.1 Å². The molecule has 27 heavy (non-hydrogen) atoms. The zero-order chi connectivity index (χ0) is 19.7. The first-order valence-corrected chi connectivity index (χ1v) is 10.0. The van der Waals surface area contributed by atoms with Gasteiger partial charge in [-0.05, 0) is 44.3 Å². The van der Waals surface area contributed by atoms with Crippen LogP contribution in [0.4, 0.5) is 0 Å². The van der Waals surface area contributed by atoms with Crippen molar-refractivity contribution >= 4 is 0 Å². The molecule has 0 aliphatic rings. The summed E-state index contributed by atoms with van der Waals surface area (Å²) in [6.45, 7) is 3.90. The molecule has 156 valence electrons. The van der Waals surface area contributed by atoms with E-state index < -0.39 is 0 Å². The lowest BCUT2D eigenvalue weighted by atomic mass is 10.0. The third kappa shape index (κ3) is 11.4. The highest BCUT2D eigenvalue weighted by Crippen LogP contribution is 2.10. The number of aliphatic hydroxyl groups is 4. The molecule has 0 amide bonds. The standard InChI is InChI=1S/C21H37NO5/c23-14-20(15-24)8-4-10-22(11-5-9-21(16-25)17-26)12-13-27-18-19-6-2-1-3-7-19/h1-3,6-7,20-21,23-26H,4-5,8-18H2. The van der Waals surface area contributed by atoms with Crippen LogP contribution in [0.15, 0.2) is 30.3 Å². The van der Waals surface area contributed by atoms with E-state index in [0.29, 0.717) is 13.2 Å². The maximum Gasteiger partial charge on any atom is 0.0717 e. The van der Waals surface area contributed by atoms with Crippen molar-refractivity contribution in [1.29, 1.82) is 0 Å². The van der Waals surface area contributed by atoms with Crippen LogP contribution in [-0.4, -0.2) is 78.0 Å². The number of benzene rings is 1. The zero-order valence-electron chi connectivity index (χ0n) is 16.4. The second kappa shape index (κ2) is 16.0. The molecule has 0 heterocycles. The summed E-state index contributed by atoms with van der Waals surface area (Å²) in [5.74, 6) is -0.0938. The van der Waals surface area contributed by atoms with Gasteiger partial charge in [0.05, 0.1) is 13.2 Å². The molecule has 0 bridgehead atoms. The van der Waals surface area contributed by atoms with Crippen molar-refractivity contribution in [2.24, 2.45) is 11.8 Å². The van der Waals surface area contributed by atoms with Crippen LogP contribution >= 0.6 is 0 Å². The molecule has 1 rings (SSSR count). The second-order valence-corrected chi connectivity index (χ2v) is 7.13. The highest BCUT2D eigenvalue weighted by atomic mass is 16.5. The summed E-state index contributed by atoms with van der Waals surface area (Å²) in [7, 11) is 0. The second-order valence-electron chi connectivity index (χ2n) is 7.13. The largest absolute Gasteiger partial charge is 0.396 e. The van der Waals surface area contributed by atoms with E-state index in [4.69, 9.17) is 4.74 Å². The topological polar surface area (TPSA) is 93.4 Å². The fraction of sp³-hybridized carbons (Fsp3) is 0.714. The van der Waals surface area contributed by atoms with E-state index >= 15 is 0 Å². The van der Waals surface area contributed by atoms with E-state index in [9.17, 15) is 20.4 Å². The van der Waals surface area contributed by atoms with Gasteiger partial charge in [0.15, 0.2) is 0 Å². The van der Waals surface area contributed by atoms with Crippen LogP contribution in [0, 0.1) is 11.8 Å². The van der Waals surface area contributed by atoms with E-state index in [1.807, 2.05) is 30.3 Å². The van der Waals surface area contributed by atoms with Crippen LogP contribution in [0.2, 0.25) is 0 Å². The summed E-state index contributed by atoms with van der Waals surface area (Å²) in [6, 6.07) is 10.1. The van der Waals surface area contributed by atoms with Gasteiger partial charge in [0, 0.05) is 44.8 Å². The maximum absolute atomic E-state index is 9.19. The third-order valence-electron chi connectivity index (χ3n) is 4.87. The van der Waals surface area contributed by atoms with Gasteiger partial charge in [0.25, 0.3) is 0 Å². The van der Waals surface area contributed by atoms with Crippen molar-refractivity contribution < 1.29 is 25.2 Å². The van der Waals surface area contributed by atoms with Gasteiger partial charge in [-0.2, -0.15) is 0 Å². The lowest BCUT2D eigenvalue weighted by Gasteiger charge is -2.24. The van der Waals surface area contributed by atoms with Crippen LogP contribution in [0.3, 0.4) is 0 Å². The number of rotatable bonds is 17. The van der Waals surface area contributed by atoms with Crippen LogP contribution in [0.1, 0.15) is 31.2 Å². The number of aliphatic hydroxyl groups excluding tert-OH is 4. The molecule has 0 aliphatic carbocycles. The maximum atomic E-state index is 9.19. The molecule has 0 fully saturated rings. The van der Waals surface area contributed by atoms with Crippen LogP contribution in [-0.2, 0) is 11.3 Å². The Morgan fingerprint density at radius 3 is 1.74 bits per heavy atom. The van der Waals surface area contributed by atoms with Crippen molar-refractivity contribution in [2.75, 3.05) is 52.7 Å². The normalized spacial score (nSPS) is 11.8. The molecular formula is C21H37NO5. The molecule has 4 N–H and O–H groups in total. The fourth-order valence-corrected chi connectivity index (χ4v) is 2.98. The van der Waals surface area contributed by atoms with Crippen molar-refractivity contribution in [3.63, 3.8) is 0 Å². The van der Waals surface area contributed by atoms with E-state index in [2.05, 4.69) is 4.90 Å². The van der Waals surface area contributed by atoms with E-state index in [-0.39, 0.29) is 38.3 Å². The Kier molecular flexibility index (Phi) is 14.2. The number of ether oxygens (including phenoxy) is 1. The minimum Gasteiger partial charge on any atom is -0.396 e. The average molecular weight is 384 g/mol. The lowest BCUT2D eigenvalue weighted by molar-refractivity contribution is 0.0862. The first-order chi connectivity index (χ1) is 13.2. The highest BCUT2D eigenvalue weighted by molar-refractivity contribution is 5.13. The molecular weight excluding hydrogens is 346 g/mol. The Balaban J connectivity index is 2.33. The number of hydrogen-bond donors (Lipinski definition) is 4. The zero-order valence-corrected chi connectivity index (χ0v) is 16.4. The van der Waals surface area contributed by atoms with Crippen LogP contribution in [0.5, 0.6) is 0 Å². The minimum absolute atomic E-state index is 0.0192. The van der Waals surface area contributed by atoms with E-state index in [1.165, 1.54) is 0 Å². The van der Waals surface area contributed by atoms with Crippen molar-refractivity contribution in [3.8, 4) is 0 Å². The molecule has 6 nitrogen and oxygen atoms in total. The summed E-state index contributed by atoms with van der Waals surface area (Å²) in [6.07, 6.45) is 3.41. The Morgan fingerprint density at radius 1 is 0.741 bits per heavy atom. The van der Waals surface area contributed by atoms with Gasteiger partial charge in [-0.25, -0.2) is 0 Å². The first kappa shape index (κ1) is 24.0. The third-order valence-corrected chi connectivity index (χ3v) is 4.87. The van der Waals surface area contributed by atoms with Gasteiger partial charge >= 0.3 is 0 Å². The molecule has 1 aromatic rings. The Bertz CT molecular complexity index is 419. The molecule has 0 spiro atoms. The summed E-state index contributed by atoms with van der Waals surface area (Å²) < 4.78 is 5.79. The Hall–Kier alpha value is -1.02. The van der Waals surface area contributed by atoms with Gasteiger partial charge in [0.1, 0.15) is 0 Å². The van der Waals surface area contributed by atoms with Gasteiger partial charge in [-0.1, -0.05) is 30.3 Å². The fourth-order valence-electron chi connectivity index (χ4n) is 2.98. The van der Waals surface area contributed by atoms with E-state index in [1.54, 1.807) is 0 Å². The Labute approximate surface area is 163 Å². The predicted octanol–water partition coefficient (Wildman–Crippen LogP) is 1.27. The molecule has 0 aromatic heterocycles. The predicted molar refractivity (Wildman–Crippen MR) is 106 cm³/mol. The summed E-state index contributed by atoms with van der Waals surface area (Å²) in [5, 5.41) is 36.8. The van der Waals surface area contributed by atoms with Crippen LogP contribution in [0.25, 0.3) is 0 Å². The molecule has 0 radical (unpaired) electrons. The first-order valence-electron chi connectivity index (χ1n) is 10.0. The molecule has 0 saturated carbocycles. The van der Waals surface area contributed by atoms with Gasteiger partial charge in [-0.3, -0.25) is 0 Å². The quantitative estimate of drug-likeness (QED) is 0.303. The summed E-state index contributed by atoms with van der Waals surface area (Å²) in [5.41, 5.74) is 1.16. The summed E-state index contributed by atoms with van der Waals surface area (Å²) in [4.78, 5) is 2.32. The lowest BCUT2D eigenvalue weighted by Crippen LogP contribution is -2.31. The monoisotopic (exact) mass is 383 g/mol. The van der Waals surface area contributed by atoms with Crippen molar-refractivity contribution in [3.05, 3.63) is 35.9 Å². The smallest absolute Gasteiger partial charge is 0.0717 e. The SMILES string of the molecule is OCC(CO)CCCN(CCCC(CO)CO)CCOCc1ccccc1. The molecule has 1 aromatic carbocycles. The minimum atomic E-state index is -0.0469. The summed E-state index contributed by atoms with van der Waals surface area (Å²) >= 11 is 0. The molecule has 0 unspecified atom stereocenters. The van der Waals surface area contributed by atoms with Gasteiger partial charge in [-0.15, -0.1) is 0 Å². The van der Waals surface area contributed by atoms with Crippen molar-refractivity contribution in [2.45, 2.75) is 32.3 Å². The van der Waals surface area contributed by atoms with E-state index in [0.717, 1.165) is 50.9 Å². The van der Waals surface area contributed by atoms with Crippen molar-refractivity contribution in [1.82, 2.24) is 4.90 Å². The van der Waals surface area contributed by atoms with Crippen LogP contribution < -0.4 is 0 Å². The highest BCUT2D eigenvalue weighted by Gasteiger charge is 2.11. The molecule has 6 heteroatoms. The molecule has 0 aliphatic heterocycles. The number of hydrogen-bond acceptors (Lipinski definition) is 6. The number of nitrogens with zero attached hydrogens (tertiary/aromatic N) is 1. The Morgan fingerprint density at radius 2 is 1.26 bits per heavy atom. The molecule has 0 saturated heterocycles. The molecule has 0 atom stereocenters.